The van der Waals surface area contributed by atoms with Crippen LogP contribution < -0.4 is 11.3 Å². The number of fused-ring (bicyclic) bond motifs is 1. The number of hydrazine groups is 1. The van der Waals surface area contributed by atoms with Crippen LogP contribution >= 0.6 is 11.3 Å². The van der Waals surface area contributed by atoms with E-state index in [-0.39, 0.29) is 0 Å². The largest absolute Gasteiger partial charge is 0.271 e. The van der Waals surface area contributed by atoms with Gasteiger partial charge in [0.25, 0.3) is 0 Å². The van der Waals surface area contributed by atoms with Crippen LogP contribution in [0.25, 0.3) is 10.2 Å². The Bertz CT molecular complexity index is 485. The molecule has 0 bridgehead atoms. The Hall–Kier alpha value is -0.970. The summed E-state index contributed by atoms with van der Waals surface area (Å²) in [5.41, 5.74) is 4.07. The molecule has 0 spiro atoms. The third kappa shape index (κ3) is 2.55. The first-order valence-corrected chi connectivity index (χ1v) is 7.47. The van der Waals surface area contributed by atoms with Gasteiger partial charge in [0.1, 0.15) is 0 Å². The molecule has 1 aromatic heterocycles. The van der Waals surface area contributed by atoms with Gasteiger partial charge in [-0.2, -0.15) is 0 Å². The Labute approximate surface area is 111 Å². The van der Waals surface area contributed by atoms with Crippen molar-refractivity contribution in [2.24, 2.45) is 11.8 Å². The Morgan fingerprint density at radius 2 is 2.22 bits per heavy atom. The standard InChI is InChI=1S/C14H19N3S/c15-17-11(8-10-4-3-5-10)9-14-16-12-6-1-2-7-13(12)18-14/h1-2,6-7,10-11,17H,3-5,8-9,15H2. The van der Waals surface area contributed by atoms with E-state index in [0.29, 0.717) is 6.04 Å². The van der Waals surface area contributed by atoms with Crippen molar-refractivity contribution in [2.75, 3.05) is 0 Å². The molecule has 3 nitrogen and oxygen atoms in total. The quantitative estimate of drug-likeness (QED) is 0.643. The van der Waals surface area contributed by atoms with E-state index in [0.717, 1.165) is 17.9 Å². The molecule has 3 rings (SSSR count). The molecule has 3 N–H and O–H groups in total. The fraction of sp³-hybridized carbons (Fsp3) is 0.500. The zero-order valence-corrected chi connectivity index (χ0v) is 11.2. The summed E-state index contributed by atoms with van der Waals surface area (Å²) in [5, 5.41) is 1.19. The molecular formula is C14H19N3S. The zero-order chi connectivity index (χ0) is 12.4. The molecule has 1 unspecified atom stereocenters. The molecule has 1 atom stereocenters. The molecule has 1 saturated carbocycles. The van der Waals surface area contributed by atoms with Crippen LogP contribution in [-0.2, 0) is 6.42 Å². The van der Waals surface area contributed by atoms with Gasteiger partial charge in [-0.25, -0.2) is 4.98 Å². The SMILES string of the molecule is NNC(Cc1nc2ccccc2s1)CC1CCC1. The lowest BCUT2D eigenvalue weighted by Gasteiger charge is -2.29. The van der Waals surface area contributed by atoms with E-state index >= 15 is 0 Å². The highest BCUT2D eigenvalue weighted by Gasteiger charge is 2.22. The van der Waals surface area contributed by atoms with E-state index in [1.165, 1.54) is 35.4 Å². The normalized spacial score (nSPS) is 17.8. The van der Waals surface area contributed by atoms with Crippen LogP contribution in [0.3, 0.4) is 0 Å². The third-order valence-electron chi connectivity index (χ3n) is 3.84. The van der Waals surface area contributed by atoms with Gasteiger partial charge in [0.15, 0.2) is 0 Å². The van der Waals surface area contributed by atoms with Crippen molar-refractivity contribution in [3.05, 3.63) is 29.3 Å². The van der Waals surface area contributed by atoms with E-state index in [2.05, 4.69) is 28.6 Å². The molecule has 1 fully saturated rings. The first-order chi connectivity index (χ1) is 8.85. The lowest BCUT2D eigenvalue weighted by molar-refractivity contribution is 0.259. The maximum atomic E-state index is 5.67. The van der Waals surface area contributed by atoms with Crippen LogP contribution in [0, 0.1) is 5.92 Å². The summed E-state index contributed by atoms with van der Waals surface area (Å²) in [6.45, 7) is 0. The fourth-order valence-corrected chi connectivity index (χ4v) is 3.61. The van der Waals surface area contributed by atoms with Crippen molar-refractivity contribution in [3.63, 3.8) is 0 Å². The maximum Gasteiger partial charge on any atom is 0.0954 e. The summed E-state index contributed by atoms with van der Waals surface area (Å²) in [5.74, 6) is 6.54. The van der Waals surface area contributed by atoms with Gasteiger partial charge >= 0.3 is 0 Å². The predicted octanol–water partition coefficient (Wildman–Crippen LogP) is 2.86. The Morgan fingerprint density at radius 1 is 1.39 bits per heavy atom. The number of rotatable bonds is 5. The van der Waals surface area contributed by atoms with Crippen LogP contribution in [0.5, 0.6) is 0 Å². The number of nitrogens with one attached hydrogen (secondary N) is 1. The van der Waals surface area contributed by atoms with Crippen molar-refractivity contribution >= 4 is 21.6 Å². The zero-order valence-electron chi connectivity index (χ0n) is 10.4. The summed E-state index contributed by atoms with van der Waals surface area (Å²) in [7, 11) is 0. The van der Waals surface area contributed by atoms with Crippen LogP contribution in [0.4, 0.5) is 0 Å². The third-order valence-corrected chi connectivity index (χ3v) is 4.90. The number of hydrogen-bond acceptors (Lipinski definition) is 4. The van der Waals surface area contributed by atoms with Crippen molar-refractivity contribution in [2.45, 2.75) is 38.1 Å². The summed E-state index contributed by atoms with van der Waals surface area (Å²) in [6.07, 6.45) is 6.28. The van der Waals surface area contributed by atoms with Gasteiger partial charge < -0.3 is 0 Å². The Kier molecular flexibility index (Phi) is 3.59. The van der Waals surface area contributed by atoms with E-state index in [4.69, 9.17) is 5.84 Å². The highest BCUT2D eigenvalue weighted by molar-refractivity contribution is 7.18. The fourth-order valence-electron chi connectivity index (χ4n) is 2.56. The first-order valence-electron chi connectivity index (χ1n) is 6.65. The van der Waals surface area contributed by atoms with E-state index < -0.39 is 0 Å². The second kappa shape index (κ2) is 5.34. The monoisotopic (exact) mass is 261 g/mol. The summed E-state index contributed by atoms with van der Waals surface area (Å²) >= 11 is 1.79. The number of para-hydroxylation sites is 1. The van der Waals surface area contributed by atoms with Crippen molar-refractivity contribution in [3.8, 4) is 0 Å². The second-order valence-electron chi connectivity index (χ2n) is 5.18. The van der Waals surface area contributed by atoms with Crippen molar-refractivity contribution in [1.29, 1.82) is 0 Å². The van der Waals surface area contributed by atoms with E-state index in [9.17, 15) is 0 Å². The van der Waals surface area contributed by atoms with Gasteiger partial charge in [-0.3, -0.25) is 11.3 Å². The van der Waals surface area contributed by atoms with Crippen molar-refractivity contribution in [1.82, 2.24) is 10.4 Å². The number of benzene rings is 1. The highest BCUT2D eigenvalue weighted by atomic mass is 32.1. The van der Waals surface area contributed by atoms with E-state index in [1.54, 1.807) is 11.3 Å². The van der Waals surface area contributed by atoms with Gasteiger partial charge in [0.05, 0.1) is 15.2 Å². The minimum Gasteiger partial charge on any atom is -0.271 e. The summed E-state index contributed by atoms with van der Waals surface area (Å²) in [6, 6.07) is 8.69. The second-order valence-corrected chi connectivity index (χ2v) is 6.29. The van der Waals surface area contributed by atoms with Gasteiger partial charge in [-0.1, -0.05) is 31.4 Å². The molecule has 1 aliphatic rings. The van der Waals surface area contributed by atoms with Crippen molar-refractivity contribution < 1.29 is 0 Å². The topological polar surface area (TPSA) is 50.9 Å². The van der Waals surface area contributed by atoms with Gasteiger partial charge in [0, 0.05) is 12.5 Å². The molecule has 1 aliphatic carbocycles. The van der Waals surface area contributed by atoms with Crippen LogP contribution in [0.2, 0.25) is 0 Å². The molecule has 96 valence electrons. The molecule has 0 amide bonds. The molecule has 0 aliphatic heterocycles. The molecule has 1 heterocycles. The van der Waals surface area contributed by atoms with Gasteiger partial charge in [0.2, 0.25) is 0 Å². The predicted molar refractivity (Wildman–Crippen MR) is 76.4 cm³/mol. The molecule has 2 aromatic rings. The number of thiazole rings is 1. The lowest BCUT2D eigenvalue weighted by Crippen LogP contribution is -2.39. The number of nitrogens with zero attached hydrogens (tertiary/aromatic N) is 1. The summed E-state index contributed by atoms with van der Waals surface area (Å²) in [4.78, 5) is 4.67. The Morgan fingerprint density at radius 3 is 2.89 bits per heavy atom. The van der Waals surface area contributed by atoms with Gasteiger partial charge in [-0.15, -0.1) is 11.3 Å². The lowest BCUT2D eigenvalue weighted by atomic mass is 9.80. The molecule has 0 radical (unpaired) electrons. The van der Waals surface area contributed by atoms with Gasteiger partial charge in [-0.05, 0) is 24.5 Å². The molecular weight excluding hydrogens is 242 g/mol. The average Bonchev–Trinajstić information content (AvgIpc) is 2.74. The van der Waals surface area contributed by atoms with Crippen LogP contribution in [0.1, 0.15) is 30.7 Å². The Balaban J connectivity index is 1.69. The van der Waals surface area contributed by atoms with Crippen LogP contribution in [0.15, 0.2) is 24.3 Å². The van der Waals surface area contributed by atoms with E-state index in [1.807, 2.05) is 6.07 Å². The van der Waals surface area contributed by atoms with Crippen LogP contribution in [-0.4, -0.2) is 11.0 Å². The minimum absolute atomic E-state index is 0.371. The highest BCUT2D eigenvalue weighted by Crippen LogP contribution is 2.31. The molecule has 4 heteroatoms. The maximum absolute atomic E-state index is 5.67. The molecule has 1 aromatic carbocycles. The average molecular weight is 261 g/mol. The molecule has 18 heavy (non-hydrogen) atoms. The number of hydrogen-bond donors (Lipinski definition) is 2. The molecule has 0 saturated heterocycles. The number of aromatic nitrogens is 1. The summed E-state index contributed by atoms with van der Waals surface area (Å²) < 4.78 is 1.27. The first kappa shape index (κ1) is 12.1. The number of nitrogens with two attached hydrogens (primary N) is 1. The smallest absolute Gasteiger partial charge is 0.0954 e. The minimum atomic E-state index is 0.371.